The summed E-state index contributed by atoms with van der Waals surface area (Å²) < 4.78 is 14.3. The third-order valence-corrected chi connectivity index (χ3v) is 8.33. The topological polar surface area (TPSA) is 60.3 Å². The van der Waals surface area contributed by atoms with Gasteiger partial charge in [0.05, 0.1) is 17.4 Å². The zero-order valence-corrected chi connectivity index (χ0v) is 24.5. The highest BCUT2D eigenvalue weighted by molar-refractivity contribution is 6.12. The zero-order valence-electron chi connectivity index (χ0n) is 24.5. The van der Waals surface area contributed by atoms with Gasteiger partial charge in [0.2, 0.25) is 0 Å². The van der Waals surface area contributed by atoms with Crippen molar-refractivity contribution in [3.63, 3.8) is 0 Å². The average molecular weight is 561 g/mol. The maximum absolute atomic E-state index is 14.3. The Kier molecular flexibility index (Phi) is 8.62. The van der Waals surface area contributed by atoms with E-state index in [2.05, 4.69) is 54.6 Å². The van der Waals surface area contributed by atoms with Gasteiger partial charge in [0, 0.05) is 53.3 Å². The molecule has 0 bridgehead atoms. The Morgan fingerprint density at radius 1 is 0.952 bits per heavy atom. The van der Waals surface area contributed by atoms with E-state index in [0.29, 0.717) is 24.2 Å². The molecule has 5 rings (SSSR count). The van der Waals surface area contributed by atoms with Crippen LogP contribution in [0.1, 0.15) is 64.1 Å². The highest BCUT2D eigenvalue weighted by Gasteiger charge is 2.31. The minimum Gasteiger partial charge on any atom is -0.339 e. The number of rotatable bonds is 8. The van der Waals surface area contributed by atoms with Crippen LogP contribution in [0.4, 0.5) is 10.1 Å². The van der Waals surface area contributed by atoms with E-state index in [0.717, 1.165) is 35.5 Å². The fourth-order valence-electron chi connectivity index (χ4n) is 5.88. The molecule has 1 aliphatic heterocycles. The molecule has 1 saturated heterocycles. The summed E-state index contributed by atoms with van der Waals surface area (Å²) in [5, 5.41) is 8.53. The number of hydrogen-bond acceptors (Lipinski definition) is 4. The van der Waals surface area contributed by atoms with E-state index in [1.165, 1.54) is 11.6 Å². The second-order valence-electron chi connectivity index (χ2n) is 11.0. The lowest BCUT2D eigenvalue weighted by Gasteiger charge is -2.40. The van der Waals surface area contributed by atoms with Gasteiger partial charge >= 0.3 is 0 Å². The Labute approximate surface area is 247 Å². The summed E-state index contributed by atoms with van der Waals surface area (Å²) >= 11 is 0. The molecule has 3 aromatic carbocycles. The Morgan fingerprint density at radius 2 is 1.64 bits per heavy atom. The molecule has 0 radical (unpaired) electrons. The number of benzene rings is 3. The summed E-state index contributed by atoms with van der Waals surface area (Å²) in [6, 6.07) is 26.0. The van der Waals surface area contributed by atoms with E-state index >= 15 is 0 Å². The molecule has 1 aromatic heterocycles. The number of para-hydroxylation sites is 1. The molecule has 1 aliphatic rings. The lowest BCUT2D eigenvalue weighted by molar-refractivity contribution is 0.0701. The van der Waals surface area contributed by atoms with Gasteiger partial charge in [0.25, 0.3) is 5.91 Å². The number of amides is 1. The van der Waals surface area contributed by atoms with Crippen LogP contribution in [-0.2, 0) is 0 Å². The minimum absolute atomic E-state index is 0.00374. The first-order valence-corrected chi connectivity index (χ1v) is 14.4. The molecule has 0 saturated carbocycles. The van der Waals surface area contributed by atoms with Crippen molar-refractivity contribution in [2.45, 2.75) is 39.7 Å². The summed E-state index contributed by atoms with van der Waals surface area (Å²) in [5.74, 6) is -0.226. The molecule has 0 spiro atoms. The summed E-state index contributed by atoms with van der Waals surface area (Å²) in [7, 11) is 0. The minimum atomic E-state index is -0.429. The Morgan fingerprint density at radius 3 is 2.31 bits per heavy atom. The molecule has 1 unspecified atom stereocenters. The molecule has 214 valence electrons. The predicted molar refractivity (Wildman–Crippen MR) is 168 cm³/mol. The van der Waals surface area contributed by atoms with Crippen LogP contribution in [0.15, 0.2) is 103 Å². The number of carbonyl (C=O) groups is 1. The lowest BCUT2D eigenvalue weighted by atomic mass is 9.91. The molecule has 42 heavy (non-hydrogen) atoms. The van der Waals surface area contributed by atoms with Gasteiger partial charge in [-0.3, -0.25) is 15.2 Å². The van der Waals surface area contributed by atoms with Crippen LogP contribution in [0.2, 0.25) is 0 Å². The number of carbonyl (C=O) groups excluding carboxylic acids is 1. The number of piperidine rings is 1. The third kappa shape index (κ3) is 5.89. The number of hydrogen-bond donors (Lipinski definition) is 1. The fraction of sp³-hybridized carbons (Fsp3) is 0.250. The number of aromatic nitrogens is 1. The molecular formula is C36H37FN4O. The SMILES string of the molecule is C=C(C1CCN(C(=O)c2ccc(C(=N)c3ccccc3F)c(C)c2)CC1)N(c1ccccc1C)C(C)c1ccccn1. The number of nitrogens with zero attached hydrogens (tertiary/aromatic N) is 3. The largest absolute Gasteiger partial charge is 0.339 e. The van der Waals surface area contributed by atoms with Gasteiger partial charge in [0.15, 0.2) is 0 Å². The molecule has 0 aliphatic carbocycles. The summed E-state index contributed by atoms with van der Waals surface area (Å²) in [5.41, 5.74) is 6.66. The van der Waals surface area contributed by atoms with E-state index in [4.69, 9.17) is 5.41 Å². The van der Waals surface area contributed by atoms with Crippen molar-refractivity contribution in [2.75, 3.05) is 18.0 Å². The number of allylic oxidation sites excluding steroid dienone is 1. The van der Waals surface area contributed by atoms with Crippen LogP contribution in [0.5, 0.6) is 0 Å². The Bertz CT molecular complexity index is 1610. The normalized spacial score (nSPS) is 14.3. The molecule has 6 heteroatoms. The van der Waals surface area contributed by atoms with E-state index in [1.54, 1.807) is 30.3 Å². The van der Waals surface area contributed by atoms with Crippen LogP contribution >= 0.6 is 0 Å². The predicted octanol–water partition coefficient (Wildman–Crippen LogP) is 7.89. The van der Waals surface area contributed by atoms with E-state index < -0.39 is 5.82 Å². The Balaban J connectivity index is 1.29. The van der Waals surface area contributed by atoms with Gasteiger partial charge in [0.1, 0.15) is 5.82 Å². The Hall–Kier alpha value is -4.58. The number of nitrogens with one attached hydrogen (secondary N) is 1. The van der Waals surface area contributed by atoms with Crippen molar-refractivity contribution in [3.05, 3.63) is 143 Å². The summed E-state index contributed by atoms with van der Waals surface area (Å²) in [4.78, 5) is 22.3. The van der Waals surface area contributed by atoms with Gasteiger partial charge in [-0.05, 0) is 87.2 Å². The van der Waals surface area contributed by atoms with Crippen molar-refractivity contribution in [3.8, 4) is 0 Å². The first-order chi connectivity index (χ1) is 20.3. The van der Waals surface area contributed by atoms with E-state index in [9.17, 15) is 9.18 Å². The molecule has 1 atom stereocenters. The first kappa shape index (κ1) is 28.9. The second kappa shape index (κ2) is 12.5. The van der Waals surface area contributed by atoms with Gasteiger partial charge in [-0.15, -0.1) is 0 Å². The number of anilines is 1. The fourth-order valence-corrected chi connectivity index (χ4v) is 5.88. The molecule has 4 aromatic rings. The van der Waals surface area contributed by atoms with E-state index in [1.807, 2.05) is 42.3 Å². The average Bonchev–Trinajstić information content (AvgIpc) is 3.02. The monoisotopic (exact) mass is 560 g/mol. The maximum Gasteiger partial charge on any atom is 0.253 e. The molecule has 1 fully saturated rings. The van der Waals surface area contributed by atoms with E-state index in [-0.39, 0.29) is 29.1 Å². The molecule has 2 heterocycles. The number of aryl methyl sites for hydroxylation is 2. The maximum atomic E-state index is 14.3. The highest BCUT2D eigenvalue weighted by atomic mass is 19.1. The molecule has 1 amide bonds. The summed E-state index contributed by atoms with van der Waals surface area (Å²) in [6.45, 7) is 12.0. The van der Waals surface area contributed by atoms with Gasteiger partial charge in [-0.2, -0.15) is 0 Å². The second-order valence-corrected chi connectivity index (χ2v) is 11.0. The standard InChI is InChI=1S/C36H37FN4O/c1-24-11-5-8-15-34(24)41(27(4)33-14-9-10-20-39-33)26(3)28-18-21-40(22-19-28)36(42)29-16-17-30(25(2)23-29)35(38)31-12-6-7-13-32(31)37/h5-17,20,23,27-28,38H,3,18-19,21-22H2,1-2,4H3. The lowest BCUT2D eigenvalue weighted by Crippen LogP contribution is -2.41. The number of pyridine rings is 1. The van der Waals surface area contributed by atoms with Crippen LogP contribution in [-0.4, -0.2) is 34.6 Å². The van der Waals surface area contributed by atoms with Crippen molar-refractivity contribution in [1.82, 2.24) is 9.88 Å². The van der Waals surface area contributed by atoms with Gasteiger partial charge < -0.3 is 9.80 Å². The van der Waals surface area contributed by atoms with Crippen LogP contribution in [0, 0.1) is 31.0 Å². The molecule has 5 nitrogen and oxygen atoms in total. The van der Waals surface area contributed by atoms with Gasteiger partial charge in [-0.1, -0.05) is 49.0 Å². The highest BCUT2D eigenvalue weighted by Crippen LogP contribution is 2.37. The van der Waals surface area contributed by atoms with Gasteiger partial charge in [-0.25, -0.2) is 4.39 Å². The zero-order chi connectivity index (χ0) is 29.8. The summed E-state index contributed by atoms with van der Waals surface area (Å²) in [6.07, 6.45) is 3.46. The van der Waals surface area contributed by atoms with Crippen molar-refractivity contribution >= 4 is 17.3 Å². The molecular weight excluding hydrogens is 523 g/mol. The van der Waals surface area contributed by atoms with Crippen molar-refractivity contribution in [2.24, 2.45) is 5.92 Å². The quantitative estimate of drug-likeness (QED) is 0.223. The van der Waals surface area contributed by atoms with Crippen molar-refractivity contribution < 1.29 is 9.18 Å². The van der Waals surface area contributed by atoms with Crippen LogP contribution < -0.4 is 4.90 Å². The number of likely N-dealkylation sites (tertiary alicyclic amines) is 1. The van der Waals surface area contributed by atoms with Crippen LogP contribution in [0.25, 0.3) is 0 Å². The van der Waals surface area contributed by atoms with Crippen LogP contribution in [0.3, 0.4) is 0 Å². The third-order valence-electron chi connectivity index (χ3n) is 8.33. The first-order valence-electron chi connectivity index (χ1n) is 14.4. The number of halogens is 1. The smallest absolute Gasteiger partial charge is 0.253 e. The molecule has 1 N–H and O–H groups in total. The van der Waals surface area contributed by atoms with Crippen molar-refractivity contribution in [1.29, 1.82) is 5.41 Å².